The summed E-state index contributed by atoms with van der Waals surface area (Å²) in [5, 5.41) is 2.58. The van der Waals surface area contributed by atoms with Crippen LogP contribution in [0, 0.1) is 0 Å². The fourth-order valence-electron chi connectivity index (χ4n) is 1.79. The number of aromatic amines is 1. The van der Waals surface area contributed by atoms with Gasteiger partial charge >= 0.3 is 0 Å². The summed E-state index contributed by atoms with van der Waals surface area (Å²) in [7, 11) is -3.65. The van der Waals surface area contributed by atoms with Crippen LogP contribution in [0.4, 0.5) is 5.69 Å². The number of hydrogen-bond acceptors (Lipinski definition) is 4. The molecule has 1 heterocycles. The third-order valence-electron chi connectivity index (χ3n) is 2.75. The van der Waals surface area contributed by atoms with Crippen molar-refractivity contribution >= 4 is 21.6 Å². The molecule has 7 nitrogen and oxygen atoms in total. The van der Waals surface area contributed by atoms with Gasteiger partial charge in [-0.15, -0.1) is 0 Å². The van der Waals surface area contributed by atoms with Crippen LogP contribution in [0.25, 0.3) is 0 Å². The van der Waals surface area contributed by atoms with Crippen molar-refractivity contribution in [2.24, 2.45) is 0 Å². The van der Waals surface area contributed by atoms with Gasteiger partial charge in [-0.3, -0.25) is 4.79 Å². The minimum absolute atomic E-state index is 0.120. The molecule has 1 unspecified atom stereocenters. The van der Waals surface area contributed by atoms with Crippen molar-refractivity contribution in [1.29, 1.82) is 0 Å². The molecular weight excluding hydrogens is 292 g/mol. The summed E-state index contributed by atoms with van der Waals surface area (Å²) in [6.07, 6.45) is 3.19. The van der Waals surface area contributed by atoms with E-state index in [0.717, 1.165) is 0 Å². The number of rotatable bonds is 5. The van der Waals surface area contributed by atoms with E-state index in [0.29, 0.717) is 11.5 Å². The Morgan fingerprint density at radius 2 is 1.95 bits per heavy atom. The Morgan fingerprint density at radius 3 is 2.48 bits per heavy atom. The molecular formula is C13H16N4O3S. The summed E-state index contributed by atoms with van der Waals surface area (Å²) in [4.78, 5) is 17.9. The highest BCUT2D eigenvalue weighted by Gasteiger charge is 2.19. The lowest BCUT2D eigenvalue weighted by molar-refractivity contribution is -0.114. The van der Waals surface area contributed by atoms with Crippen molar-refractivity contribution in [3.8, 4) is 0 Å². The van der Waals surface area contributed by atoms with Crippen LogP contribution in [0.15, 0.2) is 41.6 Å². The van der Waals surface area contributed by atoms with Gasteiger partial charge in [-0.25, -0.2) is 18.1 Å². The van der Waals surface area contributed by atoms with E-state index in [4.69, 9.17) is 0 Å². The van der Waals surface area contributed by atoms with Gasteiger partial charge in [-0.2, -0.15) is 0 Å². The summed E-state index contributed by atoms with van der Waals surface area (Å²) in [5.74, 6) is 0.323. The van der Waals surface area contributed by atoms with Gasteiger partial charge in [0.15, 0.2) is 0 Å². The molecule has 1 aromatic heterocycles. The Balaban J connectivity index is 2.14. The molecule has 3 N–H and O–H groups in total. The number of aromatic nitrogens is 2. The second kappa shape index (κ2) is 6.06. The lowest BCUT2D eigenvalue weighted by atomic mass is 10.3. The van der Waals surface area contributed by atoms with E-state index in [-0.39, 0.29) is 10.8 Å². The lowest BCUT2D eigenvalue weighted by Gasteiger charge is -2.12. The summed E-state index contributed by atoms with van der Waals surface area (Å²) in [6, 6.07) is 5.46. The molecule has 0 radical (unpaired) electrons. The SMILES string of the molecule is CC(=O)Nc1ccc(S(=O)(=O)NC(C)c2ncc[nH]2)cc1. The lowest BCUT2D eigenvalue weighted by Crippen LogP contribution is -2.27. The molecule has 0 aliphatic heterocycles. The molecule has 0 aliphatic rings. The number of carbonyl (C=O) groups is 1. The van der Waals surface area contributed by atoms with Gasteiger partial charge in [0, 0.05) is 25.0 Å². The maximum absolute atomic E-state index is 12.2. The summed E-state index contributed by atoms with van der Waals surface area (Å²) in [5.41, 5.74) is 0.542. The van der Waals surface area contributed by atoms with E-state index in [1.165, 1.54) is 31.2 Å². The number of imidazole rings is 1. The molecule has 0 bridgehead atoms. The normalized spacial score (nSPS) is 12.9. The standard InChI is InChI=1S/C13H16N4O3S/c1-9(13-14-7-8-15-13)17-21(19,20)12-5-3-11(4-6-12)16-10(2)18/h3-9,17H,1-2H3,(H,14,15)(H,16,18). The Hall–Kier alpha value is -2.19. The highest BCUT2D eigenvalue weighted by Crippen LogP contribution is 2.16. The number of nitrogens with one attached hydrogen (secondary N) is 3. The first-order valence-corrected chi connectivity index (χ1v) is 7.76. The smallest absolute Gasteiger partial charge is 0.241 e. The summed E-state index contributed by atoms with van der Waals surface area (Å²) < 4.78 is 27.0. The number of sulfonamides is 1. The number of hydrogen-bond donors (Lipinski definition) is 3. The minimum atomic E-state index is -3.65. The highest BCUT2D eigenvalue weighted by molar-refractivity contribution is 7.89. The van der Waals surface area contributed by atoms with Gasteiger partial charge in [-0.05, 0) is 31.2 Å². The van der Waals surface area contributed by atoms with Crippen LogP contribution >= 0.6 is 0 Å². The average molecular weight is 308 g/mol. The topological polar surface area (TPSA) is 104 Å². The zero-order chi connectivity index (χ0) is 15.5. The molecule has 2 rings (SSSR count). The largest absolute Gasteiger partial charge is 0.347 e. The van der Waals surface area contributed by atoms with E-state index in [2.05, 4.69) is 20.0 Å². The molecule has 0 fully saturated rings. The predicted octanol–water partition coefficient (Wildman–Crippen LogP) is 1.41. The average Bonchev–Trinajstić information content (AvgIpc) is 2.92. The third kappa shape index (κ3) is 3.89. The van der Waals surface area contributed by atoms with Crippen LogP contribution in [-0.4, -0.2) is 24.3 Å². The van der Waals surface area contributed by atoms with Crippen molar-refractivity contribution in [1.82, 2.24) is 14.7 Å². The first kappa shape index (κ1) is 15.2. The van der Waals surface area contributed by atoms with Crippen molar-refractivity contribution in [3.63, 3.8) is 0 Å². The molecule has 1 atom stereocenters. The maximum Gasteiger partial charge on any atom is 0.241 e. The van der Waals surface area contributed by atoms with Crippen molar-refractivity contribution in [3.05, 3.63) is 42.5 Å². The van der Waals surface area contributed by atoms with Crippen molar-refractivity contribution in [2.75, 3.05) is 5.32 Å². The molecule has 0 saturated heterocycles. The van der Waals surface area contributed by atoms with Gasteiger partial charge in [-0.1, -0.05) is 0 Å². The van der Waals surface area contributed by atoms with E-state index < -0.39 is 16.1 Å². The van der Waals surface area contributed by atoms with Crippen LogP contribution in [0.2, 0.25) is 0 Å². The first-order valence-electron chi connectivity index (χ1n) is 6.28. The zero-order valence-corrected chi connectivity index (χ0v) is 12.4. The fourth-order valence-corrected chi connectivity index (χ4v) is 3.00. The Kier molecular flexibility index (Phi) is 4.39. The number of anilines is 1. The van der Waals surface area contributed by atoms with Gasteiger partial charge in [0.05, 0.1) is 10.9 Å². The quantitative estimate of drug-likeness (QED) is 0.776. The molecule has 1 amide bonds. The number of nitrogens with zero attached hydrogens (tertiary/aromatic N) is 1. The third-order valence-corrected chi connectivity index (χ3v) is 4.30. The van der Waals surface area contributed by atoms with Crippen molar-refractivity contribution in [2.45, 2.75) is 24.8 Å². The molecule has 21 heavy (non-hydrogen) atoms. The second-order valence-electron chi connectivity index (χ2n) is 4.52. The van der Waals surface area contributed by atoms with Gasteiger partial charge in [0.25, 0.3) is 0 Å². The van der Waals surface area contributed by atoms with E-state index in [1.807, 2.05) is 0 Å². The number of benzene rings is 1. The Bertz CT molecular complexity index is 708. The van der Waals surface area contributed by atoms with Gasteiger partial charge in [0.1, 0.15) is 5.82 Å². The summed E-state index contributed by atoms with van der Waals surface area (Å²) >= 11 is 0. The van der Waals surface area contributed by atoms with Crippen LogP contribution in [0.1, 0.15) is 25.7 Å². The van der Waals surface area contributed by atoms with E-state index >= 15 is 0 Å². The molecule has 1 aromatic carbocycles. The Morgan fingerprint density at radius 1 is 1.29 bits per heavy atom. The maximum atomic E-state index is 12.2. The number of H-pyrrole nitrogens is 1. The molecule has 2 aromatic rings. The van der Waals surface area contributed by atoms with Gasteiger partial charge in [0.2, 0.25) is 15.9 Å². The second-order valence-corrected chi connectivity index (χ2v) is 6.24. The monoisotopic (exact) mass is 308 g/mol. The van der Waals surface area contributed by atoms with Crippen LogP contribution in [0.5, 0.6) is 0 Å². The Labute approximate surface area is 122 Å². The minimum Gasteiger partial charge on any atom is -0.347 e. The van der Waals surface area contributed by atoms with Crippen LogP contribution in [0.3, 0.4) is 0 Å². The summed E-state index contributed by atoms with van der Waals surface area (Å²) in [6.45, 7) is 3.08. The number of amides is 1. The van der Waals surface area contributed by atoms with E-state index in [1.54, 1.807) is 19.3 Å². The van der Waals surface area contributed by atoms with E-state index in [9.17, 15) is 13.2 Å². The molecule has 8 heteroatoms. The molecule has 0 aliphatic carbocycles. The molecule has 0 saturated carbocycles. The highest BCUT2D eigenvalue weighted by atomic mass is 32.2. The molecule has 0 spiro atoms. The predicted molar refractivity (Wildman–Crippen MR) is 78.1 cm³/mol. The van der Waals surface area contributed by atoms with Gasteiger partial charge < -0.3 is 10.3 Å². The van der Waals surface area contributed by atoms with Crippen LogP contribution in [-0.2, 0) is 14.8 Å². The molecule has 112 valence electrons. The first-order chi connectivity index (χ1) is 9.88. The number of carbonyl (C=O) groups excluding carboxylic acids is 1. The fraction of sp³-hybridized carbons (Fsp3) is 0.231. The zero-order valence-electron chi connectivity index (χ0n) is 11.6. The van der Waals surface area contributed by atoms with Crippen molar-refractivity contribution < 1.29 is 13.2 Å². The van der Waals surface area contributed by atoms with Crippen LogP contribution < -0.4 is 10.0 Å².